The molecule has 1 aliphatic carbocycles. The summed E-state index contributed by atoms with van der Waals surface area (Å²) in [6.45, 7) is 4.43. The zero-order valence-electron chi connectivity index (χ0n) is 8.14. The molecule has 0 bridgehead atoms. The summed E-state index contributed by atoms with van der Waals surface area (Å²) < 4.78 is 0. The largest absolute Gasteiger partial charge is 0.0853 e. The van der Waals surface area contributed by atoms with Crippen molar-refractivity contribution in [1.29, 1.82) is 0 Å². The van der Waals surface area contributed by atoms with E-state index < -0.39 is 0 Å². The highest BCUT2D eigenvalue weighted by molar-refractivity contribution is 5.13. The molecule has 0 heteroatoms. The van der Waals surface area contributed by atoms with Gasteiger partial charge in [0.1, 0.15) is 0 Å². The van der Waals surface area contributed by atoms with Gasteiger partial charge in [-0.05, 0) is 39.5 Å². The standard InChI is InChI=1S/C12H18/c1-11-7-4-3-5-8-12(2)10-6-9-11/h3-4,7,10H,5-6,8-9H2,1-2H3/b4-3+,11-7-,12-10-. The first-order chi connectivity index (χ1) is 5.79. The molecule has 0 atom stereocenters. The maximum Gasteiger partial charge on any atom is -0.0285 e. The number of rotatable bonds is 0. The first-order valence-corrected chi connectivity index (χ1v) is 4.77. The molecule has 0 unspecified atom stereocenters. The van der Waals surface area contributed by atoms with E-state index in [0.717, 1.165) is 0 Å². The number of hydrogen-bond acceptors (Lipinski definition) is 0. The summed E-state index contributed by atoms with van der Waals surface area (Å²) in [6.07, 6.45) is 13.9. The second-order valence-corrected chi connectivity index (χ2v) is 3.57. The van der Waals surface area contributed by atoms with Crippen molar-refractivity contribution < 1.29 is 0 Å². The third-order valence-electron chi connectivity index (χ3n) is 2.25. The summed E-state index contributed by atoms with van der Waals surface area (Å²) in [5.74, 6) is 0. The van der Waals surface area contributed by atoms with Gasteiger partial charge in [-0.2, -0.15) is 0 Å². The molecule has 1 aliphatic rings. The van der Waals surface area contributed by atoms with Gasteiger partial charge in [-0.3, -0.25) is 0 Å². The normalized spacial score (nSPS) is 31.2. The first-order valence-electron chi connectivity index (χ1n) is 4.77. The Kier molecular flexibility index (Phi) is 3.86. The minimum absolute atomic E-state index is 1.19. The molecule has 0 aromatic heterocycles. The van der Waals surface area contributed by atoms with Crippen molar-refractivity contribution in [3.8, 4) is 0 Å². The predicted molar refractivity (Wildman–Crippen MR) is 55.1 cm³/mol. The maximum atomic E-state index is 2.37. The van der Waals surface area contributed by atoms with Crippen LogP contribution in [0.1, 0.15) is 39.5 Å². The molecular formula is C12H18. The summed E-state index contributed by atoms with van der Waals surface area (Å²) in [4.78, 5) is 0. The van der Waals surface area contributed by atoms with E-state index in [1.807, 2.05) is 0 Å². The lowest BCUT2D eigenvalue weighted by Gasteiger charge is -2.01. The fourth-order valence-electron chi connectivity index (χ4n) is 1.37. The lowest BCUT2D eigenvalue weighted by Crippen LogP contribution is -1.81. The van der Waals surface area contributed by atoms with Gasteiger partial charge < -0.3 is 0 Å². The molecule has 0 saturated heterocycles. The van der Waals surface area contributed by atoms with E-state index in [1.165, 1.54) is 36.8 Å². The van der Waals surface area contributed by atoms with Crippen LogP contribution in [0.5, 0.6) is 0 Å². The molecule has 1 rings (SSSR count). The Morgan fingerprint density at radius 1 is 1.00 bits per heavy atom. The van der Waals surface area contributed by atoms with Crippen molar-refractivity contribution >= 4 is 0 Å². The molecule has 0 spiro atoms. The summed E-state index contributed by atoms with van der Waals surface area (Å²) in [6, 6.07) is 0. The third-order valence-corrected chi connectivity index (χ3v) is 2.25. The van der Waals surface area contributed by atoms with E-state index in [-0.39, 0.29) is 0 Å². The highest BCUT2D eigenvalue weighted by atomic mass is 14.0. The lowest BCUT2D eigenvalue weighted by molar-refractivity contribution is 0.916. The molecule has 0 aromatic carbocycles. The van der Waals surface area contributed by atoms with Crippen LogP contribution in [0.15, 0.2) is 35.5 Å². The average molecular weight is 162 g/mol. The van der Waals surface area contributed by atoms with Gasteiger partial charge in [0.05, 0.1) is 0 Å². The van der Waals surface area contributed by atoms with Gasteiger partial charge in [0.25, 0.3) is 0 Å². The molecule has 0 radical (unpaired) electrons. The smallest absolute Gasteiger partial charge is 0.0285 e. The van der Waals surface area contributed by atoms with E-state index in [2.05, 4.69) is 38.2 Å². The second kappa shape index (κ2) is 4.97. The quantitative estimate of drug-likeness (QED) is 0.472. The van der Waals surface area contributed by atoms with Crippen LogP contribution in [0.4, 0.5) is 0 Å². The minimum atomic E-state index is 1.19. The number of hydrogen-bond donors (Lipinski definition) is 0. The van der Waals surface area contributed by atoms with Gasteiger partial charge in [-0.15, -0.1) is 0 Å². The van der Waals surface area contributed by atoms with E-state index >= 15 is 0 Å². The van der Waals surface area contributed by atoms with Crippen LogP contribution in [0.2, 0.25) is 0 Å². The van der Waals surface area contributed by atoms with Crippen LogP contribution < -0.4 is 0 Å². The Morgan fingerprint density at radius 3 is 2.58 bits per heavy atom. The highest BCUT2D eigenvalue weighted by Gasteiger charge is 1.92. The SMILES string of the molecule is C/C1=C/C=C/CC/C(C)=C\CC1. The molecule has 0 amide bonds. The van der Waals surface area contributed by atoms with Crippen molar-refractivity contribution in [3.63, 3.8) is 0 Å². The van der Waals surface area contributed by atoms with Crippen molar-refractivity contribution in [2.75, 3.05) is 0 Å². The Balaban J connectivity index is 2.59. The molecule has 0 aliphatic heterocycles. The molecule has 0 heterocycles. The maximum absolute atomic E-state index is 2.37. The van der Waals surface area contributed by atoms with Crippen LogP contribution in [0.25, 0.3) is 0 Å². The topological polar surface area (TPSA) is 0 Å². The van der Waals surface area contributed by atoms with E-state index in [1.54, 1.807) is 0 Å². The molecule has 0 saturated carbocycles. The zero-order chi connectivity index (χ0) is 8.81. The van der Waals surface area contributed by atoms with Gasteiger partial charge in [-0.1, -0.05) is 35.5 Å². The van der Waals surface area contributed by atoms with Gasteiger partial charge in [0.15, 0.2) is 0 Å². The van der Waals surface area contributed by atoms with Crippen LogP contribution in [0, 0.1) is 0 Å². The van der Waals surface area contributed by atoms with Gasteiger partial charge in [0, 0.05) is 0 Å². The van der Waals surface area contributed by atoms with Crippen molar-refractivity contribution in [2.24, 2.45) is 0 Å². The van der Waals surface area contributed by atoms with Gasteiger partial charge >= 0.3 is 0 Å². The van der Waals surface area contributed by atoms with E-state index in [0.29, 0.717) is 0 Å². The van der Waals surface area contributed by atoms with Crippen LogP contribution >= 0.6 is 0 Å². The van der Waals surface area contributed by atoms with Crippen molar-refractivity contribution in [3.05, 3.63) is 35.5 Å². The summed E-state index contributed by atoms with van der Waals surface area (Å²) in [5.41, 5.74) is 3.02. The fourth-order valence-corrected chi connectivity index (χ4v) is 1.37. The molecular weight excluding hydrogens is 144 g/mol. The molecule has 0 aromatic rings. The van der Waals surface area contributed by atoms with Crippen LogP contribution in [0.3, 0.4) is 0 Å². The summed E-state index contributed by atoms with van der Waals surface area (Å²) >= 11 is 0. The highest BCUT2D eigenvalue weighted by Crippen LogP contribution is 2.12. The minimum Gasteiger partial charge on any atom is -0.0853 e. The number of allylic oxidation sites excluding steroid dienone is 6. The molecule has 66 valence electrons. The second-order valence-electron chi connectivity index (χ2n) is 3.57. The predicted octanol–water partition coefficient (Wildman–Crippen LogP) is 4.01. The third kappa shape index (κ3) is 3.56. The first kappa shape index (κ1) is 9.31. The molecule has 12 heavy (non-hydrogen) atoms. The Morgan fingerprint density at radius 2 is 1.75 bits per heavy atom. The molecule has 0 nitrogen and oxygen atoms in total. The summed E-state index contributed by atoms with van der Waals surface area (Å²) in [5, 5.41) is 0. The Labute approximate surface area is 75.7 Å². The van der Waals surface area contributed by atoms with Crippen molar-refractivity contribution in [1.82, 2.24) is 0 Å². The van der Waals surface area contributed by atoms with Crippen LogP contribution in [-0.2, 0) is 0 Å². The van der Waals surface area contributed by atoms with Gasteiger partial charge in [-0.25, -0.2) is 0 Å². The van der Waals surface area contributed by atoms with E-state index in [9.17, 15) is 0 Å². The Hall–Kier alpha value is -0.780. The summed E-state index contributed by atoms with van der Waals surface area (Å²) in [7, 11) is 0. The Bertz CT molecular complexity index is 216. The van der Waals surface area contributed by atoms with Crippen molar-refractivity contribution in [2.45, 2.75) is 39.5 Å². The van der Waals surface area contributed by atoms with E-state index in [4.69, 9.17) is 0 Å². The fraction of sp³-hybridized carbons (Fsp3) is 0.500. The zero-order valence-corrected chi connectivity index (χ0v) is 8.14. The monoisotopic (exact) mass is 162 g/mol. The lowest BCUT2D eigenvalue weighted by atomic mass is 10.1. The molecule has 0 fully saturated rings. The molecule has 0 N–H and O–H groups in total. The van der Waals surface area contributed by atoms with Crippen LogP contribution in [-0.4, -0.2) is 0 Å². The van der Waals surface area contributed by atoms with Gasteiger partial charge in [0.2, 0.25) is 0 Å². The average Bonchev–Trinajstić information content (AvgIpc) is 2.04.